The van der Waals surface area contributed by atoms with Gasteiger partial charge in [0.25, 0.3) is 17.7 Å². The van der Waals surface area contributed by atoms with E-state index in [4.69, 9.17) is 15.2 Å². The summed E-state index contributed by atoms with van der Waals surface area (Å²) < 4.78 is 10.9. The number of hydrogen-bond acceptors (Lipinski definition) is 6. The fraction of sp³-hybridized carbons (Fsp3) is 0.333. The summed E-state index contributed by atoms with van der Waals surface area (Å²) in [6, 6.07) is 13.5. The molecule has 2 rings (SSSR count). The molecule has 0 fully saturated rings. The van der Waals surface area contributed by atoms with E-state index in [2.05, 4.69) is 15.8 Å². The fourth-order valence-electron chi connectivity index (χ4n) is 2.91. The summed E-state index contributed by atoms with van der Waals surface area (Å²) in [5.74, 6) is -0.305. The first-order valence-corrected chi connectivity index (χ1v) is 10.6. The van der Waals surface area contributed by atoms with Crippen LogP contribution in [0.15, 0.2) is 53.6 Å². The number of hydrogen-bond donors (Lipinski definition) is 3. The summed E-state index contributed by atoms with van der Waals surface area (Å²) in [7, 11) is 0. The number of nitrogens with one attached hydrogen (secondary N) is 2. The first-order chi connectivity index (χ1) is 15.8. The minimum absolute atomic E-state index is 0.158. The van der Waals surface area contributed by atoms with Gasteiger partial charge in [-0.2, -0.15) is 5.10 Å². The highest BCUT2D eigenvalue weighted by Gasteiger charge is 2.22. The van der Waals surface area contributed by atoms with Crippen molar-refractivity contribution >= 4 is 23.9 Å². The summed E-state index contributed by atoms with van der Waals surface area (Å²) in [4.78, 5) is 36.0. The van der Waals surface area contributed by atoms with Gasteiger partial charge in [0.05, 0.1) is 6.21 Å². The van der Waals surface area contributed by atoms with Crippen molar-refractivity contribution in [1.82, 2.24) is 10.7 Å². The van der Waals surface area contributed by atoms with Gasteiger partial charge in [0, 0.05) is 5.56 Å². The van der Waals surface area contributed by atoms with Gasteiger partial charge in [-0.1, -0.05) is 44.2 Å². The molecular weight excluding hydrogens is 424 g/mol. The molecule has 9 nitrogen and oxygen atoms in total. The Bertz CT molecular complexity index is 990. The Kier molecular flexibility index (Phi) is 9.88. The van der Waals surface area contributed by atoms with Gasteiger partial charge in [-0.3, -0.25) is 14.4 Å². The molecule has 176 valence electrons. The van der Waals surface area contributed by atoms with Gasteiger partial charge < -0.3 is 20.5 Å². The van der Waals surface area contributed by atoms with Gasteiger partial charge in [0.15, 0.2) is 13.2 Å². The number of amides is 3. The van der Waals surface area contributed by atoms with Crippen molar-refractivity contribution in [3.8, 4) is 11.5 Å². The number of ether oxygens (including phenoxy) is 2. The number of benzene rings is 2. The maximum absolute atomic E-state index is 12.7. The van der Waals surface area contributed by atoms with Crippen LogP contribution in [-0.4, -0.2) is 43.2 Å². The largest absolute Gasteiger partial charge is 0.484 e. The first kappa shape index (κ1) is 25.4. The molecular formula is C24H30N4O5. The molecule has 0 saturated carbocycles. The molecule has 0 aliphatic carbocycles. The highest BCUT2D eigenvalue weighted by molar-refractivity contribution is 5.90. The predicted molar refractivity (Wildman–Crippen MR) is 125 cm³/mol. The Hall–Kier alpha value is -3.88. The van der Waals surface area contributed by atoms with E-state index < -0.39 is 23.8 Å². The van der Waals surface area contributed by atoms with Crippen molar-refractivity contribution in [2.45, 2.75) is 33.2 Å². The molecule has 0 aliphatic heterocycles. The minimum Gasteiger partial charge on any atom is -0.484 e. The van der Waals surface area contributed by atoms with Crippen molar-refractivity contribution < 1.29 is 23.9 Å². The smallest absolute Gasteiger partial charge is 0.262 e. The molecule has 3 amide bonds. The summed E-state index contributed by atoms with van der Waals surface area (Å²) >= 11 is 0. The maximum atomic E-state index is 12.7. The average molecular weight is 455 g/mol. The molecule has 2 aromatic carbocycles. The van der Waals surface area contributed by atoms with Gasteiger partial charge in [0.2, 0.25) is 0 Å². The summed E-state index contributed by atoms with van der Waals surface area (Å²) in [6.45, 7) is 5.31. The van der Waals surface area contributed by atoms with Crippen LogP contribution in [0, 0.1) is 12.8 Å². The molecule has 0 bridgehead atoms. The highest BCUT2D eigenvalue weighted by Crippen LogP contribution is 2.16. The predicted octanol–water partition coefficient (Wildman–Crippen LogP) is 1.92. The molecule has 0 spiro atoms. The van der Waals surface area contributed by atoms with Crippen molar-refractivity contribution in [3.63, 3.8) is 0 Å². The Morgan fingerprint density at radius 2 is 1.64 bits per heavy atom. The first-order valence-electron chi connectivity index (χ1n) is 10.6. The molecule has 0 saturated heterocycles. The van der Waals surface area contributed by atoms with Crippen molar-refractivity contribution in [2.24, 2.45) is 16.8 Å². The van der Waals surface area contributed by atoms with Crippen LogP contribution in [0.2, 0.25) is 0 Å². The van der Waals surface area contributed by atoms with Gasteiger partial charge in [-0.15, -0.1) is 0 Å². The van der Waals surface area contributed by atoms with Gasteiger partial charge >= 0.3 is 0 Å². The molecule has 0 aliphatic rings. The average Bonchev–Trinajstić information content (AvgIpc) is 2.77. The second-order valence-corrected chi connectivity index (χ2v) is 7.83. The van der Waals surface area contributed by atoms with Crippen LogP contribution in [0.4, 0.5) is 0 Å². The van der Waals surface area contributed by atoms with Gasteiger partial charge in [0.1, 0.15) is 17.5 Å². The molecule has 1 atom stereocenters. The third-order valence-corrected chi connectivity index (χ3v) is 4.48. The number of primary amides is 1. The van der Waals surface area contributed by atoms with E-state index in [0.717, 1.165) is 5.56 Å². The van der Waals surface area contributed by atoms with E-state index in [1.807, 2.05) is 39.0 Å². The molecule has 0 radical (unpaired) electrons. The lowest BCUT2D eigenvalue weighted by atomic mass is 10.0. The lowest BCUT2D eigenvalue weighted by molar-refractivity contribution is -0.130. The number of para-hydroxylation sites is 2. The van der Waals surface area contributed by atoms with Crippen LogP contribution in [0.25, 0.3) is 0 Å². The standard InChI is InChI=1S/C24H30N4O5/c1-16(2)12-19(27-23(30)15-33-20-10-6-4-8-17(20)3)24(31)28-26-13-18-9-5-7-11-21(18)32-14-22(25)29/h4-11,13,16,19H,12,14-15H2,1-3H3,(H2,25,29)(H,27,30)(H,28,31)/b26-13-/t19-/m0/s1. The van der Waals surface area contributed by atoms with Crippen molar-refractivity contribution in [2.75, 3.05) is 13.2 Å². The van der Waals surface area contributed by atoms with Crippen LogP contribution >= 0.6 is 0 Å². The summed E-state index contributed by atoms with van der Waals surface area (Å²) in [5, 5.41) is 6.67. The topological polar surface area (TPSA) is 132 Å². The van der Waals surface area contributed by atoms with E-state index in [9.17, 15) is 14.4 Å². The number of carbonyl (C=O) groups is 3. The quantitative estimate of drug-likeness (QED) is 0.333. The van der Waals surface area contributed by atoms with E-state index >= 15 is 0 Å². The Morgan fingerprint density at radius 1 is 1.00 bits per heavy atom. The van der Waals surface area contributed by atoms with Crippen molar-refractivity contribution in [3.05, 3.63) is 59.7 Å². The number of rotatable bonds is 12. The molecule has 2 aromatic rings. The molecule has 0 heterocycles. The number of nitrogens with zero attached hydrogens (tertiary/aromatic N) is 1. The van der Waals surface area contributed by atoms with E-state index in [-0.39, 0.29) is 19.1 Å². The molecule has 9 heteroatoms. The Balaban J connectivity index is 1.96. The zero-order valence-corrected chi connectivity index (χ0v) is 19.0. The number of carbonyl (C=O) groups excluding carboxylic acids is 3. The van der Waals surface area contributed by atoms with Gasteiger partial charge in [-0.05, 0) is 43.0 Å². The number of hydrazone groups is 1. The molecule has 0 aromatic heterocycles. The van der Waals surface area contributed by atoms with Crippen LogP contribution in [0.1, 0.15) is 31.4 Å². The number of nitrogens with two attached hydrogens (primary N) is 1. The van der Waals surface area contributed by atoms with Gasteiger partial charge in [-0.25, -0.2) is 5.43 Å². The molecule has 4 N–H and O–H groups in total. The zero-order chi connectivity index (χ0) is 24.2. The van der Waals surface area contributed by atoms with Crippen LogP contribution in [-0.2, 0) is 14.4 Å². The summed E-state index contributed by atoms with van der Waals surface area (Å²) in [5.41, 5.74) is 9.02. The molecule has 0 unspecified atom stereocenters. The zero-order valence-electron chi connectivity index (χ0n) is 19.0. The van der Waals surface area contributed by atoms with E-state index in [1.165, 1.54) is 6.21 Å². The minimum atomic E-state index is -0.781. The maximum Gasteiger partial charge on any atom is 0.262 e. The second kappa shape index (κ2) is 12.8. The lowest BCUT2D eigenvalue weighted by Crippen LogP contribution is -2.47. The normalized spacial score (nSPS) is 11.8. The third-order valence-electron chi connectivity index (χ3n) is 4.48. The summed E-state index contributed by atoms with van der Waals surface area (Å²) in [6.07, 6.45) is 1.82. The number of aryl methyl sites for hydroxylation is 1. The fourth-order valence-corrected chi connectivity index (χ4v) is 2.91. The van der Waals surface area contributed by atoms with E-state index in [1.54, 1.807) is 30.3 Å². The third kappa shape index (κ3) is 9.02. The monoisotopic (exact) mass is 454 g/mol. The second-order valence-electron chi connectivity index (χ2n) is 7.83. The SMILES string of the molecule is Cc1ccccc1OCC(=O)N[C@@H](CC(C)C)C(=O)N/N=C\c1ccccc1OCC(N)=O. The highest BCUT2D eigenvalue weighted by atomic mass is 16.5. The van der Waals surface area contributed by atoms with Crippen LogP contribution in [0.5, 0.6) is 11.5 Å². The van der Waals surface area contributed by atoms with Crippen LogP contribution < -0.4 is 25.9 Å². The van der Waals surface area contributed by atoms with Crippen LogP contribution in [0.3, 0.4) is 0 Å². The Morgan fingerprint density at radius 3 is 2.30 bits per heavy atom. The van der Waals surface area contributed by atoms with Crippen molar-refractivity contribution in [1.29, 1.82) is 0 Å². The Labute approximate surface area is 193 Å². The lowest BCUT2D eigenvalue weighted by Gasteiger charge is -2.19. The van der Waals surface area contributed by atoms with E-state index in [0.29, 0.717) is 23.5 Å². The molecule has 33 heavy (non-hydrogen) atoms.